The number of allylic oxidation sites excluding steroid dienone is 3. The van der Waals surface area contributed by atoms with Crippen LogP contribution in [-0.4, -0.2) is 48.5 Å². The number of para-hydroxylation sites is 1. The van der Waals surface area contributed by atoms with Crippen LogP contribution in [0.15, 0.2) is 84.5 Å². The molecule has 0 fully saturated rings. The van der Waals surface area contributed by atoms with Gasteiger partial charge in [0.15, 0.2) is 0 Å². The maximum absolute atomic E-state index is 14.1. The summed E-state index contributed by atoms with van der Waals surface area (Å²) in [5.74, 6) is -0.0594. The van der Waals surface area contributed by atoms with Gasteiger partial charge < -0.3 is 19.7 Å². The normalized spacial score (nSPS) is 16.1. The summed E-state index contributed by atoms with van der Waals surface area (Å²) in [4.78, 5) is 31.2. The summed E-state index contributed by atoms with van der Waals surface area (Å²) in [5, 5.41) is 3.06. The molecule has 2 aromatic carbocycles. The van der Waals surface area contributed by atoms with Crippen LogP contribution >= 0.6 is 0 Å². The Labute approximate surface area is 231 Å². The van der Waals surface area contributed by atoms with Gasteiger partial charge in [-0.05, 0) is 73.8 Å². The lowest BCUT2D eigenvalue weighted by molar-refractivity contribution is -0.115. The van der Waals surface area contributed by atoms with Crippen molar-refractivity contribution in [3.63, 3.8) is 0 Å². The molecule has 39 heavy (non-hydrogen) atoms. The Morgan fingerprint density at radius 3 is 2.41 bits per heavy atom. The van der Waals surface area contributed by atoms with E-state index in [-0.39, 0.29) is 17.2 Å². The first-order valence-electron chi connectivity index (χ1n) is 13.7. The van der Waals surface area contributed by atoms with Crippen LogP contribution in [0.5, 0.6) is 0 Å². The average molecular weight is 523 g/mol. The van der Waals surface area contributed by atoms with Crippen molar-refractivity contribution in [1.29, 1.82) is 0 Å². The standard InChI is InChI=1S/C33H38N4O2/c1-33(2)21-25(15-17-28(33)24-11-6-5-7-12-24)32(39)37-23-27-16-18-30(31(38)34-19-10-20-35(3)4)36(27)22-26-13-8-9-14-29(26)37/h5-9,11-18H,10,19-23H2,1-4H3,(H,34,38). The minimum Gasteiger partial charge on any atom is -0.351 e. The lowest BCUT2D eigenvalue weighted by atomic mass is 9.72. The number of carbonyl (C=O) groups is 2. The van der Waals surface area contributed by atoms with E-state index in [2.05, 4.69) is 65.0 Å². The number of rotatable bonds is 7. The van der Waals surface area contributed by atoms with Crippen LogP contribution in [-0.2, 0) is 17.9 Å². The maximum Gasteiger partial charge on any atom is 0.267 e. The molecule has 0 saturated heterocycles. The smallest absolute Gasteiger partial charge is 0.267 e. The number of benzene rings is 2. The van der Waals surface area contributed by atoms with Crippen LogP contribution in [0.1, 0.15) is 54.0 Å². The minimum absolute atomic E-state index is 0.0169. The molecule has 1 aliphatic heterocycles. The van der Waals surface area contributed by atoms with Gasteiger partial charge >= 0.3 is 0 Å². The van der Waals surface area contributed by atoms with Gasteiger partial charge in [-0.25, -0.2) is 0 Å². The molecule has 0 radical (unpaired) electrons. The topological polar surface area (TPSA) is 57.6 Å². The highest BCUT2D eigenvalue weighted by Gasteiger charge is 2.34. The Morgan fingerprint density at radius 2 is 1.67 bits per heavy atom. The molecular formula is C33H38N4O2. The van der Waals surface area contributed by atoms with Crippen LogP contribution in [0.25, 0.3) is 5.57 Å². The van der Waals surface area contributed by atoms with Crippen molar-refractivity contribution in [1.82, 2.24) is 14.8 Å². The second-order valence-corrected chi connectivity index (χ2v) is 11.4. The molecule has 1 aliphatic carbocycles. The van der Waals surface area contributed by atoms with E-state index in [9.17, 15) is 9.59 Å². The van der Waals surface area contributed by atoms with Gasteiger partial charge in [0, 0.05) is 23.5 Å². The van der Waals surface area contributed by atoms with Gasteiger partial charge in [-0.3, -0.25) is 9.59 Å². The van der Waals surface area contributed by atoms with Crippen LogP contribution in [0, 0.1) is 5.41 Å². The summed E-state index contributed by atoms with van der Waals surface area (Å²) in [6, 6.07) is 22.3. The molecule has 1 N–H and O–H groups in total. The summed E-state index contributed by atoms with van der Waals surface area (Å²) >= 11 is 0. The minimum atomic E-state index is -0.176. The molecule has 5 rings (SSSR count). The van der Waals surface area contributed by atoms with Crippen molar-refractivity contribution in [2.24, 2.45) is 5.41 Å². The predicted octanol–water partition coefficient (Wildman–Crippen LogP) is 5.50. The Hall–Kier alpha value is -3.90. The first-order valence-corrected chi connectivity index (χ1v) is 13.7. The lowest BCUT2D eigenvalue weighted by Crippen LogP contribution is -2.34. The molecule has 2 heterocycles. The molecule has 2 amide bonds. The predicted molar refractivity (Wildman–Crippen MR) is 158 cm³/mol. The zero-order chi connectivity index (χ0) is 27.6. The molecule has 202 valence electrons. The van der Waals surface area contributed by atoms with Crippen LogP contribution in [0.4, 0.5) is 5.69 Å². The third-order valence-electron chi connectivity index (χ3n) is 7.72. The fourth-order valence-electron chi connectivity index (χ4n) is 5.69. The number of carbonyl (C=O) groups excluding carboxylic acids is 2. The molecule has 0 unspecified atom stereocenters. The van der Waals surface area contributed by atoms with Gasteiger partial charge in [0.2, 0.25) is 0 Å². The molecular weight excluding hydrogens is 484 g/mol. The summed E-state index contributed by atoms with van der Waals surface area (Å²) in [6.45, 7) is 6.92. The van der Waals surface area contributed by atoms with Gasteiger partial charge in [-0.2, -0.15) is 0 Å². The van der Waals surface area contributed by atoms with E-state index in [1.165, 1.54) is 11.1 Å². The van der Waals surface area contributed by atoms with Crippen LogP contribution in [0.3, 0.4) is 0 Å². The van der Waals surface area contributed by atoms with E-state index in [1.54, 1.807) is 0 Å². The number of nitrogens with zero attached hydrogens (tertiary/aromatic N) is 3. The second kappa shape index (κ2) is 11.1. The summed E-state index contributed by atoms with van der Waals surface area (Å²) in [7, 11) is 4.06. The molecule has 6 nitrogen and oxygen atoms in total. The zero-order valence-electron chi connectivity index (χ0n) is 23.4. The van der Waals surface area contributed by atoms with Crippen LogP contribution < -0.4 is 10.2 Å². The van der Waals surface area contributed by atoms with E-state index in [0.29, 0.717) is 31.7 Å². The van der Waals surface area contributed by atoms with E-state index in [4.69, 9.17) is 0 Å². The molecule has 0 spiro atoms. The molecule has 1 aromatic heterocycles. The van der Waals surface area contributed by atoms with Crippen molar-refractivity contribution in [2.75, 3.05) is 32.1 Å². The first-order chi connectivity index (χ1) is 18.7. The van der Waals surface area contributed by atoms with E-state index in [0.717, 1.165) is 35.5 Å². The van der Waals surface area contributed by atoms with Gasteiger partial charge in [0.05, 0.1) is 13.1 Å². The summed E-state index contributed by atoms with van der Waals surface area (Å²) < 4.78 is 2.06. The number of fused-ring (bicyclic) bond motifs is 2. The molecule has 0 saturated carbocycles. The van der Waals surface area contributed by atoms with E-state index < -0.39 is 0 Å². The highest BCUT2D eigenvalue weighted by molar-refractivity contribution is 6.07. The van der Waals surface area contributed by atoms with Gasteiger partial charge in [-0.15, -0.1) is 0 Å². The van der Waals surface area contributed by atoms with Crippen molar-refractivity contribution < 1.29 is 9.59 Å². The fraction of sp³-hybridized carbons (Fsp3) is 0.333. The quantitative estimate of drug-likeness (QED) is 0.417. The zero-order valence-corrected chi connectivity index (χ0v) is 23.4. The SMILES string of the molecule is CN(C)CCCNC(=O)c1ccc2n1Cc1ccccc1N(C(=O)C1=CC=C(c3ccccc3)C(C)(C)C1)C2. The van der Waals surface area contributed by atoms with Crippen molar-refractivity contribution >= 4 is 23.1 Å². The molecule has 0 atom stereocenters. The number of amides is 2. The van der Waals surface area contributed by atoms with Crippen molar-refractivity contribution in [3.05, 3.63) is 107 Å². The third-order valence-corrected chi connectivity index (χ3v) is 7.72. The molecule has 0 bridgehead atoms. The van der Waals surface area contributed by atoms with Gasteiger partial charge in [0.25, 0.3) is 11.8 Å². The molecule has 3 aromatic rings. The van der Waals surface area contributed by atoms with Gasteiger partial charge in [0.1, 0.15) is 5.69 Å². The Kier molecular flexibility index (Phi) is 7.58. The van der Waals surface area contributed by atoms with E-state index >= 15 is 0 Å². The number of hydrogen-bond donors (Lipinski definition) is 1. The van der Waals surface area contributed by atoms with E-state index in [1.807, 2.05) is 61.5 Å². The third kappa shape index (κ3) is 5.62. The maximum atomic E-state index is 14.1. The number of hydrogen-bond acceptors (Lipinski definition) is 3. The molecule has 6 heteroatoms. The summed E-state index contributed by atoms with van der Waals surface area (Å²) in [5.41, 5.74) is 6.57. The Balaban J connectivity index is 1.43. The van der Waals surface area contributed by atoms with Crippen molar-refractivity contribution in [3.8, 4) is 0 Å². The highest BCUT2D eigenvalue weighted by atomic mass is 16.2. The first kappa shape index (κ1) is 26.7. The van der Waals surface area contributed by atoms with Gasteiger partial charge in [-0.1, -0.05) is 74.5 Å². The molecule has 2 aliphatic rings. The second-order valence-electron chi connectivity index (χ2n) is 11.4. The highest BCUT2D eigenvalue weighted by Crippen LogP contribution is 2.43. The fourth-order valence-corrected chi connectivity index (χ4v) is 5.69. The number of nitrogens with one attached hydrogen (secondary N) is 1. The number of aromatic nitrogens is 1. The summed E-state index contributed by atoms with van der Waals surface area (Å²) in [6.07, 6.45) is 5.66. The Morgan fingerprint density at radius 1 is 0.923 bits per heavy atom. The largest absolute Gasteiger partial charge is 0.351 e. The van der Waals surface area contributed by atoms with Crippen LogP contribution in [0.2, 0.25) is 0 Å². The average Bonchev–Trinajstić information content (AvgIpc) is 3.23. The van der Waals surface area contributed by atoms with Crippen molar-refractivity contribution in [2.45, 2.75) is 39.8 Å². The lowest BCUT2D eigenvalue weighted by Gasteiger charge is -2.34. The Bertz CT molecular complexity index is 1430. The monoisotopic (exact) mass is 522 g/mol. The number of anilines is 1.